The normalized spacial score (nSPS) is 13.4. The highest BCUT2D eigenvalue weighted by molar-refractivity contribution is 6.09. The van der Waals surface area contributed by atoms with Crippen LogP contribution < -0.4 is 24.4 Å². The van der Waals surface area contributed by atoms with E-state index in [-0.39, 0.29) is 47.0 Å². The molecule has 1 aromatic heterocycles. The van der Waals surface area contributed by atoms with E-state index in [1.165, 1.54) is 48.7 Å². The van der Waals surface area contributed by atoms with Gasteiger partial charge >= 0.3 is 12.1 Å². The molecule has 0 spiro atoms. The van der Waals surface area contributed by atoms with Gasteiger partial charge in [-0.15, -0.1) is 0 Å². The van der Waals surface area contributed by atoms with Crippen LogP contribution in [0.4, 0.5) is 24.5 Å². The summed E-state index contributed by atoms with van der Waals surface area (Å²) < 4.78 is 58.8. The van der Waals surface area contributed by atoms with Gasteiger partial charge in [-0.2, -0.15) is 17.9 Å². The number of benzene rings is 3. The summed E-state index contributed by atoms with van der Waals surface area (Å²) in [7, 11) is 0. The van der Waals surface area contributed by atoms with Crippen molar-refractivity contribution in [3.8, 4) is 22.6 Å². The first kappa shape index (κ1) is 37.8. The maximum atomic E-state index is 13.7. The molecular weight excluding hydrogens is 679 g/mol. The number of nitrogens with zero attached hydrogens (tertiary/aromatic N) is 2. The van der Waals surface area contributed by atoms with Gasteiger partial charge in [-0.3, -0.25) is 9.59 Å². The van der Waals surface area contributed by atoms with E-state index in [1.807, 2.05) is 12.1 Å². The van der Waals surface area contributed by atoms with Crippen LogP contribution in [-0.2, 0) is 14.3 Å². The van der Waals surface area contributed by atoms with E-state index in [4.69, 9.17) is 14.2 Å². The van der Waals surface area contributed by atoms with Crippen LogP contribution >= 0.6 is 0 Å². The number of aliphatic hydroxyl groups is 1. The smallest absolute Gasteiger partial charge is 0.471 e. The Balaban J connectivity index is 1.40. The average molecular weight is 720 g/mol. The highest BCUT2D eigenvalue weighted by atomic mass is 19.4. The molecule has 1 atom stereocenters. The molecule has 2 amide bonds. The zero-order chi connectivity index (χ0) is 37.3. The van der Waals surface area contributed by atoms with Crippen molar-refractivity contribution >= 4 is 29.3 Å². The Morgan fingerprint density at radius 2 is 1.73 bits per heavy atom. The summed E-state index contributed by atoms with van der Waals surface area (Å²) in [6.07, 6.45) is -1.82. The summed E-state index contributed by atoms with van der Waals surface area (Å²) in [5.41, 5.74) is 2.46. The van der Waals surface area contributed by atoms with Crippen molar-refractivity contribution in [2.45, 2.75) is 45.4 Å². The molecule has 3 aromatic carbocycles. The summed E-state index contributed by atoms with van der Waals surface area (Å²) in [6.45, 7) is 5.15. The molecule has 274 valence electrons. The summed E-state index contributed by atoms with van der Waals surface area (Å²) >= 11 is 0. The Bertz CT molecular complexity index is 1900. The number of alkyl halides is 3. The van der Waals surface area contributed by atoms with Crippen LogP contribution in [0.3, 0.4) is 0 Å². The number of carbonyl (C=O) groups excluding carboxylic acids is 2. The van der Waals surface area contributed by atoms with E-state index in [0.29, 0.717) is 46.3 Å². The summed E-state index contributed by atoms with van der Waals surface area (Å²) in [4.78, 5) is 26.9. The lowest BCUT2D eigenvalue weighted by molar-refractivity contribution is -0.617. The van der Waals surface area contributed by atoms with Gasteiger partial charge < -0.3 is 34.7 Å². The highest BCUT2D eigenvalue weighted by Gasteiger charge is 2.44. The summed E-state index contributed by atoms with van der Waals surface area (Å²) in [5.74, 6) is -1.82. The van der Waals surface area contributed by atoms with Gasteiger partial charge in [-0.1, -0.05) is 37.6 Å². The number of rotatable bonds is 14. The number of aliphatic hydroxyl groups excluding tert-OH is 1. The molecule has 10 nitrogen and oxygen atoms in total. The van der Waals surface area contributed by atoms with Gasteiger partial charge in [0.15, 0.2) is 12.3 Å². The quantitative estimate of drug-likeness (QED) is 0.0819. The molecule has 2 heterocycles. The third-order valence-electron chi connectivity index (χ3n) is 8.36. The lowest BCUT2D eigenvalue weighted by Gasteiger charge is -2.24. The van der Waals surface area contributed by atoms with Crippen LogP contribution in [0, 0.1) is 5.21 Å². The molecule has 4 aromatic rings. The Morgan fingerprint density at radius 1 is 0.962 bits per heavy atom. The van der Waals surface area contributed by atoms with Crippen molar-refractivity contribution in [2.75, 3.05) is 43.2 Å². The molecule has 0 fully saturated rings. The number of aromatic nitrogens is 1. The molecule has 13 heteroatoms. The first-order valence-corrected chi connectivity index (χ1v) is 17.0. The summed E-state index contributed by atoms with van der Waals surface area (Å²) in [5, 5.41) is 25.9. The number of halogens is 3. The predicted octanol–water partition coefficient (Wildman–Crippen LogP) is 6.98. The molecule has 5 rings (SSSR count). The van der Waals surface area contributed by atoms with Crippen molar-refractivity contribution in [1.82, 2.24) is 0 Å². The van der Waals surface area contributed by atoms with Crippen molar-refractivity contribution in [3.63, 3.8) is 0 Å². The van der Waals surface area contributed by atoms with Gasteiger partial charge in [0.1, 0.15) is 18.1 Å². The maximum absolute atomic E-state index is 13.7. The van der Waals surface area contributed by atoms with Gasteiger partial charge in [0, 0.05) is 30.9 Å². The van der Waals surface area contributed by atoms with Crippen LogP contribution in [0.5, 0.6) is 11.5 Å². The van der Waals surface area contributed by atoms with Crippen molar-refractivity contribution < 1.29 is 46.8 Å². The van der Waals surface area contributed by atoms with Crippen LogP contribution in [0.15, 0.2) is 90.6 Å². The second-order valence-electron chi connectivity index (χ2n) is 12.0. The predicted molar refractivity (Wildman–Crippen MR) is 190 cm³/mol. The van der Waals surface area contributed by atoms with Crippen molar-refractivity contribution in [2.24, 2.45) is 0 Å². The number of carbonyl (C=O) groups is 2. The lowest BCUT2D eigenvalue weighted by atomic mass is 10.00. The number of hydrogen-bond donors (Lipinski definition) is 2. The van der Waals surface area contributed by atoms with Crippen molar-refractivity contribution in [3.05, 3.63) is 113 Å². The van der Waals surface area contributed by atoms with E-state index in [2.05, 4.69) is 12.2 Å². The van der Waals surface area contributed by atoms with Gasteiger partial charge in [0.2, 0.25) is 5.69 Å². The minimum absolute atomic E-state index is 0.0155. The number of amides is 2. The van der Waals surface area contributed by atoms with Gasteiger partial charge in [0.25, 0.3) is 5.91 Å². The largest absolute Gasteiger partial charge is 0.618 e. The Morgan fingerprint density at radius 3 is 2.44 bits per heavy atom. The number of unbranched alkanes of at least 4 members (excludes halogenated alkanes) is 1. The Labute approximate surface area is 299 Å². The molecule has 1 aliphatic rings. The Kier molecular flexibility index (Phi) is 12.5. The minimum atomic E-state index is -5.14. The van der Waals surface area contributed by atoms with Crippen molar-refractivity contribution in [1.29, 1.82) is 0 Å². The number of pyridine rings is 1. The van der Waals surface area contributed by atoms with E-state index < -0.39 is 30.6 Å². The summed E-state index contributed by atoms with van der Waals surface area (Å²) in [6, 6.07) is 21.1. The monoisotopic (exact) mass is 719 g/mol. The number of nitrogens with one attached hydrogen (secondary N) is 1. The molecule has 0 saturated heterocycles. The zero-order valence-electron chi connectivity index (χ0n) is 28.8. The fraction of sp³-hybridized carbons (Fsp3) is 0.308. The topological polar surface area (TPSA) is 124 Å². The SMILES string of the molecule is CCCCOCCOc1ccc(-c2ccc3c(c2)C=C(C(=O)Nc2ccc(C(O)c4cccc[n+]4[O-])cc2OCC)CCN3C(=O)C(F)(F)F)cc1. The molecule has 0 saturated carbocycles. The second-order valence-corrected chi connectivity index (χ2v) is 12.0. The van der Waals surface area contributed by atoms with E-state index in [0.717, 1.165) is 18.4 Å². The van der Waals surface area contributed by atoms with Crippen LogP contribution in [0.25, 0.3) is 17.2 Å². The minimum Gasteiger partial charge on any atom is -0.618 e. The number of fused-ring (bicyclic) bond motifs is 1. The second kappa shape index (κ2) is 17.2. The number of hydrogen-bond acceptors (Lipinski definition) is 7. The molecule has 1 aliphatic heterocycles. The first-order valence-electron chi connectivity index (χ1n) is 17.0. The molecule has 52 heavy (non-hydrogen) atoms. The van der Waals surface area contributed by atoms with E-state index in [1.54, 1.807) is 37.3 Å². The molecule has 0 bridgehead atoms. The maximum Gasteiger partial charge on any atom is 0.471 e. The third-order valence-corrected chi connectivity index (χ3v) is 8.36. The van der Waals surface area contributed by atoms with Crippen LogP contribution in [-0.4, -0.2) is 56.1 Å². The van der Waals surface area contributed by atoms with Crippen LogP contribution in [0.1, 0.15) is 56.0 Å². The van der Waals surface area contributed by atoms with E-state index in [9.17, 15) is 33.1 Å². The molecule has 0 aliphatic carbocycles. The third kappa shape index (κ3) is 9.28. The fourth-order valence-corrected chi connectivity index (χ4v) is 5.68. The standard InChI is InChI=1S/C39H40F3N3O7/c1-3-5-20-50-21-22-52-31-13-9-26(10-14-31)27-12-16-33-30(23-27)24-29(17-19-44(33)38(48)39(40,41)42)37(47)43-32-15-11-28(25-35(32)51-4-2)36(46)34-8-6-7-18-45(34)49/h6-16,18,23-25,36,46H,3-5,17,19-22H2,1-2H3,(H,43,47). The molecule has 1 unspecified atom stereocenters. The van der Waals surface area contributed by atoms with E-state index >= 15 is 0 Å². The molecule has 0 radical (unpaired) electrons. The number of ether oxygens (including phenoxy) is 3. The van der Waals surface area contributed by atoms with Gasteiger partial charge in [-0.05, 0) is 90.6 Å². The zero-order valence-corrected chi connectivity index (χ0v) is 28.8. The molecular formula is C39H40F3N3O7. The fourth-order valence-electron chi connectivity index (χ4n) is 5.68. The van der Waals surface area contributed by atoms with Gasteiger partial charge in [0.05, 0.1) is 24.6 Å². The Hall–Kier alpha value is -5.40. The average Bonchev–Trinajstić information content (AvgIpc) is 3.33. The number of anilines is 2. The first-order chi connectivity index (χ1) is 25.0. The van der Waals surface area contributed by atoms with Gasteiger partial charge in [-0.25, -0.2) is 0 Å². The van der Waals surface area contributed by atoms with Crippen LogP contribution in [0.2, 0.25) is 0 Å². The highest BCUT2D eigenvalue weighted by Crippen LogP contribution is 2.36. The lowest BCUT2D eigenvalue weighted by Crippen LogP contribution is -2.42. The molecule has 2 N–H and O–H groups in total.